The van der Waals surface area contributed by atoms with E-state index in [-0.39, 0.29) is 12.2 Å². The van der Waals surface area contributed by atoms with Crippen LogP contribution in [0.4, 0.5) is 0 Å². The van der Waals surface area contributed by atoms with Gasteiger partial charge in [0, 0.05) is 16.8 Å². The minimum Gasteiger partial charge on any atom is -0.497 e. The number of ether oxygens (including phenoxy) is 2. The number of nitrogens with one attached hydrogen (secondary N) is 1. The normalized spacial score (nSPS) is 11.3. The van der Waals surface area contributed by atoms with Crippen LogP contribution in [0.1, 0.15) is 17.3 Å². The third-order valence-electron chi connectivity index (χ3n) is 4.27. The molecule has 2 aromatic carbocycles. The van der Waals surface area contributed by atoms with Crippen LogP contribution in [0.3, 0.4) is 0 Å². The fourth-order valence-corrected chi connectivity index (χ4v) is 3.17. The minimum absolute atomic E-state index is 0.185. The molecule has 6 heteroatoms. The Bertz CT molecular complexity index is 1190. The van der Waals surface area contributed by atoms with E-state index in [4.69, 9.17) is 9.47 Å². The van der Waals surface area contributed by atoms with Gasteiger partial charge in [0.15, 0.2) is 0 Å². The molecule has 2 aromatic heterocycles. The fraction of sp³-hybridized carbons (Fsp3) is 0.158. The van der Waals surface area contributed by atoms with Crippen LogP contribution < -0.4 is 10.3 Å². The predicted octanol–water partition coefficient (Wildman–Crippen LogP) is 3.12. The van der Waals surface area contributed by atoms with Gasteiger partial charge < -0.3 is 14.5 Å². The summed E-state index contributed by atoms with van der Waals surface area (Å²) in [6, 6.07) is 12.4. The lowest BCUT2D eigenvalue weighted by Gasteiger charge is -2.08. The van der Waals surface area contributed by atoms with Gasteiger partial charge in [-0.1, -0.05) is 18.2 Å². The summed E-state index contributed by atoms with van der Waals surface area (Å²) in [6.07, 6.45) is 0. The smallest absolute Gasteiger partial charge is 0.342 e. The highest BCUT2D eigenvalue weighted by Crippen LogP contribution is 2.26. The first kappa shape index (κ1) is 15.3. The molecule has 0 atom stereocenters. The maximum Gasteiger partial charge on any atom is 0.342 e. The number of nitrogens with zero attached hydrogens (tertiary/aromatic N) is 1. The van der Waals surface area contributed by atoms with Gasteiger partial charge in [-0.25, -0.2) is 4.79 Å². The van der Waals surface area contributed by atoms with Crippen LogP contribution in [0, 0.1) is 0 Å². The summed E-state index contributed by atoms with van der Waals surface area (Å²) < 4.78 is 12.0. The third-order valence-corrected chi connectivity index (χ3v) is 4.27. The number of pyridine rings is 1. The van der Waals surface area contributed by atoms with Crippen molar-refractivity contribution >= 4 is 33.4 Å². The van der Waals surface area contributed by atoms with Crippen molar-refractivity contribution in [2.75, 3.05) is 13.7 Å². The van der Waals surface area contributed by atoms with E-state index in [1.54, 1.807) is 56.5 Å². The Kier molecular flexibility index (Phi) is 3.46. The summed E-state index contributed by atoms with van der Waals surface area (Å²) in [5.41, 5.74) is 1.97. The maximum atomic E-state index is 13.0. The molecule has 0 amide bonds. The summed E-state index contributed by atoms with van der Waals surface area (Å²) in [5, 5.41) is 1.05. The van der Waals surface area contributed by atoms with Gasteiger partial charge in [0.05, 0.1) is 24.8 Å². The fourth-order valence-electron chi connectivity index (χ4n) is 3.17. The van der Waals surface area contributed by atoms with Crippen LogP contribution in [-0.2, 0) is 4.74 Å². The van der Waals surface area contributed by atoms with Gasteiger partial charge in [-0.15, -0.1) is 0 Å². The summed E-state index contributed by atoms with van der Waals surface area (Å²) in [5.74, 6) is 0.198. The second-order valence-electron chi connectivity index (χ2n) is 5.64. The van der Waals surface area contributed by atoms with E-state index in [2.05, 4.69) is 4.98 Å². The maximum absolute atomic E-state index is 13.0. The van der Waals surface area contributed by atoms with Crippen molar-refractivity contribution in [3.05, 3.63) is 58.4 Å². The highest BCUT2D eigenvalue weighted by atomic mass is 16.5. The molecule has 2 heterocycles. The molecule has 4 aromatic rings. The van der Waals surface area contributed by atoms with Crippen LogP contribution in [0.2, 0.25) is 0 Å². The van der Waals surface area contributed by atoms with E-state index in [0.717, 1.165) is 0 Å². The SMILES string of the molecule is CCOC(=O)c1c2ccccc2c(=O)n2c1[nH]c1cc(OC)ccc12. The van der Waals surface area contributed by atoms with Gasteiger partial charge in [-0.05, 0) is 25.1 Å². The number of carbonyl (C=O) groups is 1. The Morgan fingerprint density at radius 3 is 2.64 bits per heavy atom. The summed E-state index contributed by atoms with van der Waals surface area (Å²) in [4.78, 5) is 28.8. The molecule has 0 saturated carbocycles. The first-order valence-corrected chi connectivity index (χ1v) is 7.96. The van der Waals surface area contributed by atoms with E-state index in [9.17, 15) is 9.59 Å². The van der Waals surface area contributed by atoms with Gasteiger partial charge >= 0.3 is 5.97 Å². The number of benzene rings is 2. The topological polar surface area (TPSA) is 72.8 Å². The molecule has 0 radical (unpaired) electrons. The summed E-state index contributed by atoms with van der Waals surface area (Å²) >= 11 is 0. The van der Waals surface area contributed by atoms with Crippen molar-refractivity contribution in [2.24, 2.45) is 0 Å². The number of hydrogen-bond donors (Lipinski definition) is 1. The molecule has 0 aliphatic heterocycles. The predicted molar refractivity (Wildman–Crippen MR) is 95.5 cm³/mol. The number of H-pyrrole nitrogens is 1. The third kappa shape index (κ3) is 2.18. The second-order valence-corrected chi connectivity index (χ2v) is 5.64. The lowest BCUT2D eigenvalue weighted by atomic mass is 10.1. The number of imidazole rings is 1. The van der Waals surface area contributed by atoms with Crippen LogP contribution >= 0.6 is 0 Å². The first-order valence-electron chi connectivity index (χ1n) is 7.96. The van der Waals surface area contributed by atoms with Crippen LogP contribution in [0.5, 0.6) is 5.75 Å². The molecule has 0 spiro atoms. The first-order chi connectivity index (χ1) is 12.2. The number of carbonyl (C=O) groups excluding carboxylic acids is 1. The minimum atomic E-state index is -0.463. The van der Waals surface area contributed by atoms with Crippen molar-refractivity contribution in [1.29, 1.82) is 0 Å². The molecule has 0 unspecified atom stereocenters. The molecule has 0 saturated heterocycles. The standard InChI is InChI=1S/C19H16N2O4/c1-3-25-19(23)16-12-6-4-5-7-13(12)18(22)21-15-9-8-11(24-2)10-14(15)20-17(16)21/h4-10,20H,3H2,1-2H3. The summed E-state index contributed by atoms with van der Waals surface area (Å²) in [6.45, 7) is 2.01. The Labute approximate surface area is 142 Å². The monoisotopic (exact) mass is 336 g/mol. The molecule has 0 bridgehead atoms. The number of hydrogen-bond acceptors (Lipinski definition) is 4. The van der Waals surface area contributed by atoms with Gasteiger partial charge in [0.1, 0.15) is 17.0 Å². The van der Waals surface area contributed by atoms with Crippen molar-refractivity contribution in [3.8, 4) is 5.75 Å². The largest absolute Gasteiger partial charge is 0.497 e. The zero-order valence-corrected chi connectivity index (χ0v) is 13.8. The van der Waals surface area contributed by atoms with E-state index in [1.807, 2.05) is 0 Å². The number of fused-ring (bicyclic) bond motifs is 4. The Balaban J connectivity index is 2.23. The van der Waals surface area contributed by atoms with E-state index < -0.39 is 5.97 Å². The average molecular weight is 336 g/mol. The number of aromatic amines is 1. The van der Waals surface area contributed by atoms with Crippen LogP contribution in [0.15, 0.2) is 47.3 Å². The lowest BCUT2D eigenvalue weighted by Crippen LogP contribution is -2.18. The van der Waals surface area contributed by atoms with Gasteiger partial charge in [0.25, 0.3) is 5.56 Å². The zero-order valence-electron chi connectivity index (χ0n) is 13.8. The molecule has 25 heavy (non-hydrogen) atoms. The lowest BCUT2D eigenvalue weighted by molar-refractivity contribution is 0.0530. The van der Waals surface area contributed by atoms with Gasteiger partial charge in [-0.2, -0.15) is 0 Å². The molecule has 1 N–H and O–H groups in total. The van der Waals surface area contributed by atoms with Gasteiger partial charge in [0.2, 0.25) is 0 Å². The highest BCUT2D eigenvalue weighted by molar-refractivity contribution is 6.10. The van der Waals surface area contributed by atoms with Gasteiger partial charge in [-0.3, -0.25) is 9.20 Å². The summed E-state index contributed by atoms with van der Waals surface area (Å²) in [7, 11) is 1.58. The second kappa shape index (κ2) is 5.66. The van der Waals surface area contributed by atoms with E-state index in [0.29, 0.717) is 38.8 Å². The number of aromatic nitrogens is 2. The van der Waals surface area contributed by atoms with E-state index in [1.165, 1.54) is 4.40 Å². The number of esters is 1. The molecular formula is C19H16N2O4. The zero-order chi connectivity index (χ0) is 17.6. The molecule has 126 valence electrons. The van der Waals surface area contributed by atoms with Crippen molar-refractivity contribution in [1.82, 2.24) is 9.38 Å². The van der Waals surface area contributed by atoms with Crippen LogP contribution in [0.25, 0.3) is 27.5 Å². The van der Waals surface area contributed by atoms with Crippen molar-refractivity contribution in [3.63, 3.8) is 0 Å². The van der Waals surface area contributed by atoms with E-state index >= 15 is 0 Å². The number of rotatable bonds is 3. The molecule has 0 aliphatic rings. The highest BCUT2D eigenvalue weighted by Gasteiger charge is 2.21. The average Bonchev–Trinajstić information content (AvgIpc) is 3.00. The Hall–Kier alpha value is -3.28. The molecule has 4 rings (SSSR count). The Morgan fingerprint density at radius 2 is 1.92 bits per heavy atom. The molecule has 6 nitrogen and oxygen atoms in total. The molecular weight excluding hydrogens is 320 g/mol. The van der Waals surface area contributed by atoms with Crippen molar-refractivity contribution < 1.29 is 14.3 Å². The molecule has 0 fully saturated rings. The Morgan fingerprint density at radius 1 is 1.16 bits per heavy atom. The van der Waals surface area contributed by atoms with Crippen LogP contribution in [-0.4, -0.2) is 29.1 Å². The molecule has 0 aliphatic carbocycles. The quantitative estimate of drug-likeness (QED) is 0.584. The van der Waals surface area contributed by atoms with Crippen molar-refractivity contribution in [2.45, 2.75) is 6.92 Å². The number of methoxy groups -OCH3 is 1.